The molecule has 2 heterocycles. The van der Waals surface area contributed by atoms with Crippen LogP contribution in [0.1, 0.15) is 33.3 Å². The second-order valence-electron chi connectivity index (χ2n) is 5.47. The molecule has 1 N–H and O–H groups in total. The Bertz CT molecular complexity index is 826. The molecule has 0 fully saturated rings. The summed E-state index contributed by atoms with van der Waals surface area (Å²) in [5, 5.41) is 4.40. The van der Waals surface area contributed by atoms with Crippen LogP contribution >= 0.6 is 11.3 Å². The van der Waals surface area contributed by atoms with Gasteiger partial charge in [0.25, 0.3) is 11.7 Å². The average Bonchev–Trinajstić information content (AvgIpc) is 3.32. The van der Waals surface area contributed by atoms with Crippen LogP contribution in [0.15, 0.2) is 64.6 Å². The molecule has 128 valence electrons. The Morgan fingerprint density at radius 2 is 1.92 bits per heavy atom. The van der Waals surface area contributed by atoms with Crippen LogP contribution in [0.2, 0.25) is 0 Å². The summed E-state index contributed by atoms with van der Waals surface area (Å²) in [5.41, 5.74) is 0.884. The summed E-state index contributed by atoms with van der Waals surface area (Å²) >= 11 is 1.23. The van der Waals surface area contributed by atoms with Gasteiger partial charge in [-0.2, -0.15) is 0 Å². The number of Topliss-reactive ketones (excluding diaryl/α,β-unsaturated/α-hetero) is 1. The van der Waals surface area contributed by atoms with Crippen molar-refractivity contribution in [2.45, 2.75) is 12.3 Å². The quantitative estimate of drug-likeness (QED) is 0.514. The summed E-state index contributed by atoms with van der Waals surface area (Å²) in [5.74, 6) is -0.874. The van der Waals surface area contributed by atoms with E-state index in [-0.39, 0.29) is 11.7 Å². The average molecular weight is 357 g/mol. The number of hydrogen-bond donors (Lipinski definition) is 1. The minimum absolute atomic E-state index is 0.132. The van der Waals surface area contributed by atoms with Crippen LogP contribution < -0.4 is 5.32 Å². The summed E-state index contributed by atoms with van der Waals surface area (Å²) < 4.78 is 18.6. The number of hydrogen-bond acceptors (Lipinski definition) is 4. The second-order valence-corrected chi connectivity index (χ2v) is 6.42. The monoisotopic (exact) mass is 357 g/mol. The lowest BCUT2D eigenvalue weighted by Crippen LogP contribution is -2.32. The molecule has 25 heavy (non-hydrogen) atoms. The molecular weight excluding hydrogens is 341 g/mol. The summed E-state index contributed by atoms with van der Waals surface area (Å²) in [7, 11) is 0. The van der Waals surface area contributed by atoms with E-state index in [0.29, 0.717) is 17.8 Å². The van der Waals surface area contributed by atoms with E-state index >= 15 is 0 Å². The van der Waals surface area contributed by atoms with Crippen molar-refractivity contribution in [1.82, 2.24) is 5.32 Å². The van der Waals surface area contributed by atoms with Crippen molar-refractivity contribution in [2.75, 3.05) is 6.54 Å². The largest absolute Gasteiger partial charge is 0.469 e. The van der Waals surface area contributed by atoms with Crippen LogP contribution in [-0.4, -0.2) is 18.2 Å². The minimum Gasteiger partial charge on any atom is -0.469 e. The van der Waals surface area contributed by atoms with Crippen molar-refractivity contribution in [2.24, 2.45) is 0 Å². The van der Waals surface area contributed by atoms with E-state index in [2.05, 4.69) is 5.32 Å². The lowest BCUT2D eigenvalue weighted by Gasteiger charge is -2.15. The van der Waals surface area contributed by atoms with Gasteiger partial charge in [0.15, 0.2) is 0 Å². The van der Waals surface area contributed by atoms with Gasteiger partial charge in [-0.3, -0.25) is 9.59 Å². The lowest BCUT2D eigenvalue weighted by molar-refractivity contribution is -0.117. The molecule has 1 atom stereocenters. The summed E-state index contributed by atoms with van der Waals surface area (Å²) in [6, 6.07) is 13.2. The molecule has 0 saturated carbocycles. The molecule has 0 spiro atoms. The first-order valence-electron chi connectivity index (χ1n) is 7.80. The van der Waals surface area contributed by atoms with Gasteiger partial charge in [0, 0.05) is 12.5 Å². The molecule has 0 radical (unpaired) electrons. The van der Waals surface area contributed by atoms with Crippen molar-refractivity contribution >= 4 is 23.0 Å². The van der Waals surface area contributed by atoms with E-state index in [1.54, 1.807) is 42.0 Å². The molecule has 3 aromatic rings. The van der Waals surface area contributed by atoms with Crippen LogP contribution in [0.3, 0.4) is 0 Å². The maximum absolute atomic E-state index is 13.2. The fourth-order valence-corrected chi connectivity index (χ4v) is 3.25. The molecule has 0 aliphatic heterocycles. The molecule has 0 bridgehead atoms. The Morgan fingerprint density at radius 1 is 1.12 bits per heavy atom. The van der Waals surface area contributed by atoms with Gasteiger partial charge in [-0.15, -0.1) is 11.3 Å². The number of amides is 1. The van der Waals surface area contributed by atoms with E-state index in [1.165, 1.54) is 23.5 Å². The number of ketones is 1. The Hall–Kier alpha value is -2.73. The zero-order valence-electron chi connectivity index (χ0n) is 13.3. The van der Waals surface area contributed by atoms with Gasteiger partial charge in [-0.25, -0.2) is 4.39 Å². The fraction of sp³-hybridized carbons (Fsp3) is 0.158. The number of carbonyl (C=O) groups excluding carboxylic acids is 2. The molecule has 0 aliphatic rings. The number of thiophene rings is 1. The highest BCUT2D eigenvalue weighted by molar-refractivity contribution is 7.13. The van der Waals surface area contributed by atoms with Gasteiger partial charge < -0.3 is 9.73 Å². The van der Waals surface area contributed by atoms with Crippen LogP contribution in [-0.2, 0) is 4.79 Å². The predicted molar refractivity (Wildman–Crippen MR) is 93.2 cm³/mol. The summed E-state index contributed by atoms with van der Waals surface area (Å²) in [6.07, 6.45) is 2.10. The molecule has 1 aromatic carbocycles. The molecule has 1 amide bonds. The number of benzene rings is 1. The Labute approximate surface area is 148 Å². The third kappa shape index (κ3) is 4.22. The molecule has 3 rings (SSSR count). The topological polar surface area (TPSA) is 59.3 Å². The first-order chi connectivity index (χ1) is 12.1. The van der Waals surface area contributed by atoms with Crippen molar-refractivity contribution in [3.8, 4) is 0 Å². The van der Waals surface area contributed by atoms with Crippen LogP contribution in [0.5, 0.6) is 0 Å². The first-order valence-corrected chi connectivity index (χ1v) is 8.68. The van der Waals surface area contributed by atoms with Gasteiger partial charge in [0.05, 0.1) is 11.1 Å². The molecule has 0 unspecified atom stereocenters. The number of carbonyl (C=O) groups is 2. The van der Waals surface area contributed by atoms with Gasteiger partial charge in [0.2, 0.25) is 0 Å². The lowest BCUT2D eigenvalue weighted by atomic mass is 9.93. The SMILES string of the molecule is O=C(NCC[C@@H](c1ccc(F)cc1)c1ccco1)C(=O)c1cccs1. The Kier molecular flexibility index (Phi) is 5.40. The van der Waals surface area contributed by atoms with Crippen LogP contribution in [0.25, 0.3) is 0 Å². The van der Waals surface area contributed by atoms with E-state index in [0.717, 1.165) is 11.3 Å². The molecule has 2 aromatic heterocycles. The van der Waals surface area contributed by atoms with E-state index < -0.39 is 11.7 Å². The van der Waals surface area contributed by atoms with E-state index in [1.807, 2.05) is 6.07 Å². The normalized spacial score (nSPS) is 11.9. The third-order valence-corrected chi connectivity index (χ3v) is 4.70. The van der Waals surface area contributed by atoms with Crippen molar-refractivity contribution in [1.29, 1.82) is 0 Å². The number of rotatable bonds is 7. The molecule has 6 heteroatoms. The van der Waals surface area contributed by atoms with Crippen molar-refractivity contribution in [3.05, 3.63) is 82.2 Å². The predicted octanol–water partition coefficient (Wildman–Crippen LogP) is 4.00. The summed E-state index contributed by atoms with van der Waals surface area (Å²) in [6.45, 7) is 0.304. The second kappa shape index (κ2) is 7.90. The highest BCUT2D eigenvalue weighted by Gasteiger charge is 2.20. The van der Waals surface area contributed by atoms with Crippen molar-refractivity contribution < 1.29 is 18.4 Å². The molecular formula is C19H16FNO3S. The minimum atomic E-state index is -0.625. The maximum atomic E-state index is 13.2. The molecule has 0 aliphatic carbocycles. The van der Waals surface area contributed by atoms with Crippen molar-refractivity contribution in [3.63, 3.8) is 0 Å². The van der Waals surface area contributed by atoms with E-state index in [9.17, 15) is 14.0 Å². The maximum Gasteiger partial charge on any atom is 0.293 e. The van der Waals surface area contributed by atoms with Gasteiger partial charge >= 0.3 is 0 Å². The zero-order valence-corrected chi connectivity index (χ0v) is 14.1. The highest BCUT2D eigenvalue weighted by Crippen LogP contribution is 2.28. The number of halogens is 1. The standard InChI is InChI=1S/C19H16FNO3S/c20-14-7-5-13(6-8-14)15(16-3-1-11-24-16)9-10-21-19(23)18(22)17-4-2-12-25-17/h1-8,11-12,15H,9-10H2,(H,21,23)/t15-/m0/s1. The Morgan fingerprint density at radius 3 is 2.56 bits per heavy atom. The number of nitrogens with one attached hydrogen (secondary N) is 1. The summed E-state index contributed by atoms with van der Waals surface area (Å²) in [4.78, 5) is 24.3. The first kappa shape index (κ1) is 17.1. The van der Waals surface area contributed by atoms with Crippen LogP contribution in [0.4, 0.5) is 4.39 Å². The van der Waals surface area contributed by atoms with Crippen LogP contribution in [0, 0.1) is 5.82 Å². The molecule has 4 nitrogen and oxygen atoms in total. The van der Waals surface area contributed by atoms with Gasteiger partial charge in [-0.05, 0) is 47.7 Å². The van der Waals surface area contributed by atoms with E-state index in [4.69, 9.17) is 4.42 Å². The van der Waals surface area contributed by atoms with Gasteiger partial charge in [-0.1, -0.05) is 18.2 Å². The third-order valence-electron chi connectivity index (χ3n) is 3.83. The fourth-order valence-electron chi connectivity index (χ4n) is 2.59. The Balaban J connectivity index is 1.64. The molecule has 0 saturated heterocycles. The number of furan rings is 1. The van der Waals surface area contributed by atoms with Gasteiger partial charge in [0.1, 0.15) is 11.6 Å². The zero-order chi connectivity index (χ0) is 17.6. The smallest absolute Gasteiger partial charge is 0.293 e. The highest BCUT2D eigenvalue weighted by atomic mass is 32.1.